The lowest BCUT2D eigenvalue weighted by molar-refractivity contribution is 0.0965. The Labute approximate surface area is 213 Å². The minimum Gasteiger partial charge on any atom is -0.493 e. The number of methoxy groups -OCH3 is 1. The zero-order valence-electron chi connectivity index (χ0n) is 21.3. The van der Waals surface area contributed by atoms with Gasteiger partial charge in [-0.2, -0.15) is 5.10 Å². The van der Waals surface area contributed by atoms with Crippen molar-refractivity contribution in [2.24, 2.45) is 0 Å². The first-order valence-electron chi connectivity index (χ1n) is 12.5. The second kappa shape index (κ2) is 12.4. The highest BCUT2D eigenvalue weighted by molar-refractivity contribution is 5.47. The number of benzene rings is 3. The van der Waals surface area contributed by atoms with Crippen LogP contribution in [-0.4, -0.2) is 39.5 Å². The van der Waals surface area contributed by atoms with Crippen molar-refractivity contribution in [1.29, 1.82) is 0 Å². The number of hydrogen-bond acceptors (Lipinski definition) is 5. The SMILES string of the molecule is CCC[C@H](O)CN(Cc1ccccc1)Cc1c(C)nn(-c2ccccc2)c1Oc1ccccc1OC. The molecule has 4 rings (SSSR count). The molecule has 1 N–H and O–H groups in total. The van der Waals surface area contributed by atoms with Crippen LogP contribution in [0.2, 0.25) is 0 Å². The van der Waals surface area contributed by atoms with Gasteiger partial charge in [0.05, 0.1) is 30.2 Å². The van der Waals surface area contributed by atoms with E-state index in [1.54, 1.807) is 7.11 Å². The Balaban J connectivity index is 1.74. The van der Waals surface area contributed by atoms with Crippen LogP contribution >= 0.6 is 0 Å². The minimum atomic E-state index is -0.401. The molecule has 0 saturated heterocycles. The Morgan fingerprint density at radius 2 is 1.53 bits per heavy atom. The van der Waals surface area contributed by atoms with Gasteiger partial charge in [-0.3, -0.25) is 4.90 Å². The van der Waals surface area contributed by atoms with Crippen molar-refractivity contribution in [3.05, 3.63) is 102 Å². The molecule has 0 radical (unpaired) electrons. The van der Waals surface area contributed by atoms with Crippen LogP contribution in [0.3, 0.4) is 0 Å². The van der Waals surface area contributed by atoms with Crippen LogP contribution in [0.15, 0.2) is 84.9 Å². The maximum absolute atomic E-state index is 10.7. The van der Waals surface area contributed by atoms with E-state index in [2.05, 4.69) is 24.0 Å². The maximum Gasteiger partial charge on any atom is 0.227 e. The van der Waals surface area contributed by atoms with E-state index in [1.165, 1.54) is 5.56 Å². The van der Waals surface area contributed by atoms with Crippen molar-refractivity contribution in [2.75, 3.05) is 13.7 Å². The summed E-state index contributed by atoms with van der Waals surface area (Å²) in [7, 11) is 1.64. The van der Waals surface area contributed by atoms with Gasteiger partial charge >= 0.3 is 0 Å². The second-order valence-corrected chi connectivity index (χ2v) is 8.97. The standard InChI is InChI=1S/C30H35N3O3/c1-4-13-26(34)21-32(20-24-14-7-5-8-15-24)22-27-23(2)31-33(25-16-9-6-10-17-25)30(27)36-29-19-12-11-18-28(29)35-3/h5-12,14-19,26,34H,4,13,20-22H2,1-3H3/t26-/m0/s1. The molecule has 36 heavy (non-hydrogen) atoms. The Kier molecular flexibility index (Phi) is 8.76. The average molecular weight is 486 g/mol. The Morgan fingerprint density at radius 1 is 0.889 bits per heavy atom. The lowest BCUT2D eigenvalue weighted by Gasteiger charge is -2.25. The van der Waals surface area contributed by atoms with Gasteiger partial charge in [0, 0.05) is 19.6 Å². The van der Waals surface area contributed by atoms with Crippen LogP contribution in [0, 0.1) is 6.92 Å². The highest BCUT2D eigenvalue weighted by atomic mass is 16.5. The van der Waals surface area contributed by atoms with E-state index in [9.17, 15) is 5.11 Å². The maximum atomic E-state index is 10.7. The number of nitrogens with zero attached hydrogens (tertiary/aromatic N) is 3. The summed E-state index contributed by atoms with van der Waals surface area (Å²) in [5.74, 6) is 1.92. The van der Waals surface area contributed by atoms with Gasteiger partial charge in [-0.05, 0) is 43.2 Å². The van der Waals surface area contributed by atoms with Crippen LogP contribution < -0.4 is 9.47 Å². The smallest absolute Gasteiger partial charge is 0.227 e. The highest BCUT2D eigenvalue weighted by Crippen LogP contribution is 2.36. The van der Waals surface area contributed by atoms with Gasteiger partial charge in [0.2, 0.25) is 5.88 Å². The van der Waals surface area contributed by atoms with E-state index in [0.717, 1.165) is 29.8 Å². The first-order chi connectivity index (χ1) is 17.6. The number of para-hydroxylation sites is 3. The molecule has 1 heterocycles. The predicted octanol–water partition coefficient (Wildman–Crippen LogP) is 6.14. The summed E-state index contributed by atoms with van der Waals surface area (Å²) in [6.07, 6.45) is 1.30. The van der Waals surface area contributed by atoms with Crippen LogP contribution in [0.25, 0.3) is 5.69 Å². The summed E-state index contributed by atoms with van der Waals surface area (Å²) in [5.41, 5.74) is 3.97. The summed E-state index contributed by atoms with van der Waals surface area (Å²) in [6, 6.07) is 28.0. The van der Waals surface area contributed by atoms with Crippen molar-refractivity contribution in [3.63, 3.8) is 0 Å². The zero-order valence-corrected chi connectivity index (χ0v) is 21.3. The van der Waals surface area contributed by atoms with Gasteiger partial charge < -0.3 is 14.6 Å². The molecule has 0 aliphatic rings. The van der Waals surface area contributed by atoms with E-state index >= 15 is 0 Å². The fraction of sp³-hybridized carbons (Fsp3) is 0.300. The Hall–Kier alpha value is -3.61. The number of aliphatic hydroxyl groups excluding tert-OH is 1. The van der Waals surface area contributed by atoms with Crippen molar-refractivity contribution in [1.82, 2.24) is 14.7 Å². The number of aromatic nitrogens is 2. The molecule has 0 fully saturated rings. The van der Waals surface area contributed by atoms with Crippen LogP contribution in [0.5, 0.6) is 17.4 Å². The summed E-state index contributed by atoms with van der Waals surface area (Å²) in [5, 5.41) is 15.6. The lowest BCUT2D eigenvalue weighted by atomic mass is 10.1. The van der Waals surface area contributed by atoms with Crippen molar-refractivity contribution >= 4 is 0 Å². The first-order valence-corrected chi connectivity index (χ1v) is 12.5. The molecular formula is C30H35N3O3. The summed E-state index contributed by atoms with van der Waals surface area (Å²) < 4.78 is 13.9. The minimum absolute atomic E-state index is 0.401. The first kappa shape index (κ1) is 25.5. The molecule has 4 aromatic rings. The zero-order chi connectivity index (χ0) is 25.3. The monoisotopic (exact) mass is 485 g/mol. The lowest BCUT2D eigenvalue weighted by Crippen LogP contribution is -2.32. The Bertz CT molecular complexity index is 1220. The molecule has 0 saturated carbocycles. The molecule has 0 aliphatic heterocycles. The summed E-state index contributed by atoms with van der Waals surface area (Å²) in [4.78, 5) is 2.27. The molecule has 0 bridgehead atoms. The molecule has 3 aromatic carbocycles. The highest BCUT2D eigenvalue weighted by Gasteiger charge is 2.23. The molecule has 0 aliphatic carbocycles. The fourth-order valence-corrected chi connectivity index (χ4v) is 4.35. The van der Waals surface area contributed by atoms with Gasteiger partial charge in [0.25, 0.3) is 0 Å². The van der Waals surface area contributed by atoms with E-state index in [1.807, 2.05) is 84.4 Å². The van der Waals surface area contributed by atoms with Crippen LogP contribution in [0.1, 0.15) is 36.6 Å². The molecule has 0 unspecified atom stereocenters. The molecule has 6 nitrogen and oxygen atoms in total. The number of ether oxygens (including phenoxy) is 2. The molecule has 6 heteroatoms. The van der Waals surface area contributed by atoms with E-state index in [4.69, 9.17) is 14.6 Å². The fourth-order valence-electron chi connectivity index (χ4n) is 4.35. The van der Waals surface area contributed by atoms with Crippen molar-refractivity contribution < 1.29 is 14.6 Å². The van der Waals surface area contributed by atoms with Crippen molar-refractivity contribution in [3.8, 4) is 23.1 Å². The van der Waals surface area contributed by atoms with Gasteiger partial charge in [-0.1, -0.05) is 74.0 Å². The predicted molar refractivity (Wildman–Crippen MR) is 143 cm³/mol. The normalized spacial score (nSPS) is 12.0. The molecule has 0 amide bonds. The van der Waals surface area contributed by atoms with Crippen molar-refractivity contribution in [2.45, 2.75) is 45.9 Å². The molecule has 0 spiro atoms. The molecule has 188 valence electrons. The molecule has 1 aromatic heterocycles. The van der Waals surface area contributed by atoms with Gasteiger partial charge in [0.1, 0.15) is 0 Å². The Morgan fingerprint density at radius 3 is 2.19 bits per heavy atom. The number of rotatable bonds is 12. The van der Waals surface area contributed by atoms with Gasteiger partial charge in [-0.15, -0.1) is 0 Å². The van der Waals surface area contributed by atoms with E-state index < -0.39 is 6.10 Å². The van der Waals surface area contributed by atoms with Gasteiger partial charge in [0.15, 0.2) is 11.5 Å². The second-order valence-electron chi connectivity index (χ2n) is 8.97. The van der Waals surface area contributed by atoms with Gasteiger partial charge in [-0.25, -0.2) is 4.68 Å². The van der Waals surface area contributed by atoms with Crippen LogP contribution in [-0.2, 0) is 13.1 Å². The third-order valence-corrected chi connectivity index (χ3v) is 6.14. The number of hydrogen-bond donors (Lipinski definition) is 1. The number of aryl methyl sites for hydroxylation is 1. The third-order valence-electron chi connectivity index (χ3n) is 6.14. The van der Waals surface area contributed by atoms with E-state index in [-0.39, 0.29) is 0 Å². The average Bonchev–Trinajstić information content (AvgIpc) is 3.20. The molecular weight excluding hydrogens is 450 g/mol. The van der Waals surface area contributed by atoms with Crippen LogP contribution in [0.4, 0.5) is 0 Å². The topological polar surface area (TPSA) is 59.8 Å². The summed E-state index contributed by atoms with van der Waals surface area (Å²) in [6.45, 7) is 5.96. The molecule has 1 atom stereocenters. The van der Waals surface area contributed by atoms with E-state index in [0.29, 0.717) is 37.0 Å². The largest absolute Gasteiger partial charge is 0.493 e. The number of aliphatic hydroxyl groups is 1. The quantitative estimate of drug-likeness (QED) is 0.261. The third kappa shape index (κ3) is 6.33. The summed E-state index contributed by atoms with van der Waals surface area (Å²) >= 11 is 0.